The number of carbonyl (C=O) groups excluding carboxylic acids is 1. The van der Waals surface area contributed by atoms with E-state index in [1.165, 1.54) is 18.3 Å². The lowest BCUT2D eigenvalue weighted by Gasteiger charge is -2.13. The summed E-state index contributed by atoms with van der Waals surface area (Å²) in [6, 6.07) is 13.1. The number of nitro groups is 1. The molecule has 2 aromatic rings. The topological polar surface area (TPSA) is 93.8 Å². The second-order valence-corrected chi connectivity index (χ2v) is 5.63. The molecule has 0 fully saturated rings. The molecule has 24 heavy (non-hydrogen) atoms. The van der Waals surface area contributed by atoms with E-state index in [9.17, 15) is 14.9 Å². The predicted molar refractivity (Wildman–Crippen MR) is 93.1 cm³/mol. The molecule has 0 unspecified atom stereocenters. The van der Waals surface area contributed by atoms with Gasteiger partial charge in [-0.25, -0.2) is 5.43 Å². The first-order chi connectivity index (χ1) is 11.5. The zero-order chi connectivity index (χ0) is 17.5. The van der Waals surface area contributed by atoms with Gasteiger partial charge in [-0.1, -0.05) is 24.3 Å². The molecule has 2 aromatic carbocycles. The van der Waals surface area contributed by atoms with Crippen LogP contribution in [0.4, 0.5) is 5.69 Å². The van der Waals surface area contributed by atoms with Crippen molar-refractivity contribution in [3.63, 3.8) is 0 Å². The highest BCUT2D eigenvalue weighted by molar-refractivity contribution is 9.10. The molecule has 0 aliphatic heterocycles. The Labute approximate surface area is 146 Å². The minimum absolute atomic E-state index is 0.0455. The molecular formula is C16H14BrN3O4. The van der Waals surface area contributed by atoms with E-state index in [4.69, 9.17) is 4.74 Å². The molecule has 0 aliphatic rings. The van der Waals surface area contributed by atoms with Gasteiger partial charge in [0.15, 0.2) is 6.10 Å². The summed E-state index contributed by atoms with van der Waals surface area (Å²) in [5.41, 5.74) is 2.80. The number of nitro benzene ring substituents is 1. The number of nitrogens with one attached hydrogen (secondary N) is 1. The van der Waals surface area contributed by atoms with Crippen molar-refractivity contribution in [1.29, 1.82) is 0 Å². The second kappa shape index (κ2) is 8.21. The van der Waals surface area contributed by atoms with Crippen molar-refractivity contribution in [3.8, 4) is 5.75 Å². The average molecular weight is 392 g/mol. The molecule has 0 saturated carbocycles. The van der Waals surface area contributed by atoms with Gasteiger partial charge < -0.3 is 4.74 Å². The number of nitrogens with zero attached hydrogens (tertiary/aromatic N) is 2. The fourth-order valence-electron chi connectivity index (χ4n) is 1.76. The molecule has 0 aliphatic carbocycles. The number of non-ortho nitro benzene ring substituents is 1. The third kappa shape index (κ3) is 4.88. The number of ether oxygens (including phenoxy) is 1. The molecule has 1 amide bonds. The van der Waals surface area contributed by atoms with Gasteiger partial charge >= 0.3 is 0 Å². The largest absolute Gasteiger partial charge is 0.480 e. The third-order valence-electron chi connectivity index (χ3n) is 2.98. The Kier molecular flexibility index (Phi) is 6.02. The molecule has 0 heterocycles. The highest BCUT2D eigenvalue weighted by Gasteiger charge is 2.15. The highest BCUT2D eigenvalue weighted by atomic mass is 79.9. The normalized spacial score (nSPS) is 11.9. The molecule has 1 atom stereocenters. The molecule has 1 N–H and O–H groups in total. The van der Waals surface area contributed by atoms with Crippen LogP contribution in [0.1, 0.15) is 12.5 Å². The van der Waals surface area contributed by atoms with E-state index < -0.39 is 16.9 Å². The predicted octanol–water partition coefficient (Wildman–Crippen LogP) is 3.27. The minimum Gasteiger partial charge on any atom is -0.480 e. The summed E-state index contributed by atoms with van der Waals surface area (Å²) in [5.74, 6) is 0.107. The Bertz CT molecular complexity index is 779. The zero-order valence-corrected chi connectivity index (χ0v) is 14.3. The molecule has 2 rings (SSSR count). The number of amides is 1. The summed E-state index contributed by atoms with van der Waals surface area (Å²) in [6.07, 6.45) is 0.571. The van der Waals surface area contributed by atoms with Crippen LogP contribution in [0, 0.1) is 10.1 Å². The van der Waals surface area contributed by atoms with Crippen molar-refractivity contribution in [3.05, 3.63) is 68.7 Å². The maximum atomic E-state index is 12.0. The summed E-state index contributed by atoms with van der Waals surface area (Å²) >= 11 is 3.33. The standard InChI is InChI=1S/C16H14BrN3O4/c1-11(24-15-8-3-2-7-14(15)17)16(21)19-18-10-12-5-4-6-13(9-12)20(22)23/h2-11H,1H3,(H,19,21)/b18-10-/t11-/m0/s1. The quantitative estimate of drug-likeness (QED) is 0.464. The number of hydrazone groups is 1. The van der Waals surface area contributed by atoms with Gasteiger partial charge in [-0.3, -0.25) is 14.9 Å². The van der Waals surface area contributed by atoms with Gasteiger partial charge in [0.05, 0.1) is 15.6 Å². The van der Waals surface area contributed by atoms with Crippen LogP contribution in [-0.2, 0) is 4.79 Å². The van der Waals surface area contributed by atoms with E-state index in [-0.39, 0.29) is 5.69 Å². The molecule has 7 nitrogen and oxygen atoms in total. The number of carbonyl (C=O) groups is 1. The van der Waals surface area contributed by atoms with E-state index in [1.54, 1.807) is 37.3 Å². The minimum atomic E-state index is -0.758. The van der Waals surface area contributed by atoms with Gasteiger partial charge in [0, 0.05) is 17.7 Å². The van der Waals surface area contributed by atoms with Crippen molar-refractivity contribution in [2.45, 2.75) is 13.0 Å². The first-order valence-corrected chi connectivity index (χ1v) is 7.75. The molecule has 0 saturated heterocycles. The molecule has 124 valence electrons. The summed E-state index contributed by atoms with van der Waals surface area (Å²) in [4.78, 5) is 22.2. The fourth-order valence-corrected chi connectivity index (χ4v) is 2.14. The molecule has 0 radical (unpaired) electrons. The Morgan fingerprint density at radius 1 is 1.33 bits per heavy atom. The van der Waals surface area contributed by atoms with Crippen LogP contribution in [0.2, 0.25) is 0 Å². The lowest BCUT2D eigenvalue weighted by molar-refractivity contribution is -0.384. The SMILES string of the molecule is C[C@H](Oc1ccccc1Br)C(=O)N/N=C\c1cccc([N+](=O)[O-])c1. The zero-order valence-electron chi connectivity index (χ0n) is 12.7. The monoisotopic (exact) mass is 391 g/mol. The van der Waals surface area contributed by atoms with E-state index in [1.807, 2.05) is 6.07 Å². The number of halogens is 1. The van der Waals surface area contributed by atoms with Gasteiger partial charge in [-0.2, -0.15) is 5.10 Å². The molecule has 0 bridgehead atoms. The number of rotatable bonds is 6. The third-order valence-corrected chi connectivity index (χ3v) is 3.63. The van der Waals surface area contributed by atoms with Gasteiger partial charge in [-0.15, -0.1) is 0 Å². The van der Waals surface area contributed by atoms with Crippen molar-refractivity contribution in [1.82, 2.24) is 5.43 Å². The van der Waals surface area contributed by atoms with Crippen molar-refractivity contribution >= 4 is 33.7 Å². The maximum Gasteiger partial charge on any atom is 0.280 e. The fraction of sp³-hybridized carbons (Fsp3) is 0.125. The van der Waals surface area contributed by atoms with Gasteiger partial charge in [-0.05, 0) is 35.0 Å². The summed E-state index contributed by atoms with van der Waals surface area (Å²) in [5, 5.41) is 14.5. The summed E-state index contributed by atoms with van der Waals surface area (Å²) in [7, 11) is 0. The number of benzene rings is 2. The van der Waals surface area contributed by atoms with Crippen LogP contribution in [0.3, 0.4) is 0 Å². The smallest absolute Gasteiger partial charge is 0.280 e. The lowest BCUT2D eigenvalue weighted by atomic mass is 10.2. The van der Waals surface area contributed by atoms with Gasteiger partial charge in [0.1, 0.15) is 5.75 Å². The van der Waals surface area contributed by atoms with E-state index in [0.717, 1.165) is 4.47 Å². The first kappa shape index (κ1) is 17.6. The Morgan fingerprint density at radius 2 is 2.08 bits per heavy atom. The second-order valence-electron chi connectivity index (χ2n) is 4.78. The van der Waals surface area contributed by atoms with Crippen LogP contribution < -0.4 is 10.2 Å². The number of hydrogen-bond donors (Lipinski definition) is 1. The van der Waals surface area contributed by atoms with Crippen molar-refractivity contribution < 1.29 is 14.5 Å². The first-order valence-electron chi connectivity index (χ1n) is 6.96. The number of para-hydroxylation sites is 1. The maximum absolute atomic E-state index is 12.0. The van der Waals surface area contributed by atoms with E-state index in [0.29, 0.717) is 11.3 Å². The van der Waals surface area contributed by atoms with E-state index in [2.05, 4.69) is 26.5 Å². The average Bonchev–Trinajstić information content (AvgIpc) is 2.57. The van der Waals surface area contributed by atoms with Crippen LogP contribution >= 0.6 is 15.9 Å². The Hall–Kier alpha value is -2.74. The number of hydrogen-bond acceptors (Lipinski definition) is 5. The van der Waals surface area contributed by atoms with Crippen molar-refractivity contribution in [2.75, 3.05) is 0 Å². The van der Waals surface area contributed by atoms with Crippen LogP contribution in [0.25, 0.3) is 0 Å². The molecular weight excluding hydrogens is 378 g/mol. The van der Waals surface area contributed by atoms with Crippen LogP contribution in [-0.4, -0.2) is 23.1 Å². The lowest BCUT2D eigenvalue weighted by Crippen LogP contribution is -2.33. The summed E-state index contributed by atoms with van der Waals surface area (Å²) < 4.78 is 6.28. The summed E-state index contributed by atoms with van der Waals surface area (Å²) in [6.45, 7) is 1.59. The van der Waals surface area contributed by atoms with Gasteiger partial charge in [0.2, 0.25) is 0 Å². The van der Waals surface area contributed by atoms with Crippen molar-refractivity contribution in [2.24, 2.45) is 5.10 Å². The highest BCUT2D eigenvalue weighted by Crippen LogP contribution is 2.24. The van der Waals surface area contributed by atoms with E-state index >= 15 is 0 Å². The Balaban J connectivity index is 1.93. The molecule has 0 aromatic heterocycles. The van der Waals surface area contributed by atoms with Gasteiger partial charge in [0.25, 0.3) is 11.6 Å². The van der Waals surface area contributed by atoms with Crippen LogP contribution in [0.5, 0.6) is 5.75 Å². The molecule has 0 spiro atoms. The Morgan fingerprint density at radius 3 is 2.79 bits per heavy atom. The van der Waals surface area contributed by atoms with Crippen LogP contribution in [0.15, 0.2) is 58.1 Å². The molecule has 8 heteroatoms.